The molecule has 1 atom stereocenters. The van der Waals surface area contributed by atoms with E-state index in [0.717, 1.165) is 35.3 Å². The Morgan fingerprint density at radius 3 is 2.68 bits per heavy atom. The minimum Gasteiger partial charge on any atom is -0.422 e. The van der Waals surface area contributed by atoms with Crippen molar-refractivity contribution >= 4 is 11.6 Å². The van der Waals surface area contributed by atoms with Crippen LogP contribution >= 0.6 is 11.6 Å². The Hall–Kier alpha value is -3.23. The van der Waals surface area contributed by atoms with Gasteiger partial charge in [-0.05, 0) is 36.2 Å². The predicted molar refractivity (Wildman–Crippen MR) is 108 cm³/mol. The Balaban J connectivity index is 1.99. The van der Waals surface area contributed by atoms with Gasteiger partial charge in [0.15, 0.2) is 0 Å². The van der Waals surface area contributed by atoms with Crippen molar-refractivity contribution in [2.75, 3.05) is 0 Å². The second kappa shape index (κ2) is 7.41. The first-order valence-corrected chi connectivity index (χ1v) is 9.52. The first-order valence-electron chi connectivity index (χ1n) is 9.14. The summed E-state index contributed by atoms with van der Waals surface area (Å²) >= 11 is 6.24. The van der Waals surface area contributed by atoms with Crippen molar-refractivity contribution in [1.29, 1.82) is 5.26 Å². The second-order valence-electron chi connectivity index (χ2n) is 6.64. The van der Waals surface area contributed by atoms with Crippen LogP contribution in [0.3, 0.4) is 0 Å². The third-order valence-corrected chi connectivity index (χ3v) is 5.03. The predicted octanol–water partition coefficient (Wildman–Crippen LogP) is 4.70. The van der Waals surface area contributed by atoms with Gasteiger partial charge in [-0.3, -0.25) is 0 Å². The van der Waals surface area contributed by atoms with E-state index in [0.29, 0.717) is 16.5 Å². The first-order chi connectivity index (χ1) is 13.6. The molecule has 0 amide bonds. The van der Waals surface area contributed by atoms with E-state index in [4.69, 9.17) is 27.2 Å². The molecule has 2 aromatic carbocycles. The molecule has 2 heterocycles. The van der Waals surface area contributed by atoms with Crippen LogP contribution in [0.25, 0.3) is 5.69 Å². The molecule has 0 fully saturated rings. The lowest BCUT2D eigenvalue weighted by molar-refractivity contribution is 0.367. The van der Waals surface area contributed by atoms with E-state index in [9.17, 15) is 5.26 Å². The van der Waals surface area contributed by atoms with Gasteiger partial charge >= 0.3 is 0 Å². The van der Waals surface area contributed by atoms with Crippen LogP contribution in [0.15, 0.2) is 66.1 Å². The normalized spacial score (nSPS) is 15.7. The minimum atomic E-state index is -0.369. The van der Waals surface area contributed by atoms with Crippen LogP contribution in [0.5, 0.6) is 5.88 Å². The molecule has 1 unspecified atom stereocenters. The van der Waals surface area contributed by atoms with Crippen molar-refractivity contribution in [3.63, 3.8) is 0 Å². The van der Waals surface area contributed by atoms with Crippen molar-refractivity contribution in [2.24, 2.45) is 5.73 Å². The van der Waals surface area contributed by atoms with Gasteiger partial charge in [-0.1, -0.05) is 55.3 Å². The number of hydrogen-bond donors (Lipinski definition) is 1. The number of rotatable bonds is 4. The molecular weight excluding hydrogens is 372 g/mol. The van der Waals surface area contributed by atoms with Crippen LogP contribution in [0, 0.1) is 11.3 Å². The minimum absolute atomic E-state index is 0.0973. The van der Waals surface area contributed by atoms with E-state index < -0.39 is 0 Å². The van der Waals surface area contributed by atoms with Crippen molar-refractivity contribution in [1.82, 2.24) is 9.78 Å². The molecule has 1 aliphatic rings. The second-order valence-corrected chi connectivity index (χ2v) is 7.08. The lowest BCUT2D eigenvalue weighted by Gasteiger charge is -2.25. The number of benzene rings is 2. The smallest absolute Gasteiger partial charge is 0.229 e. The molecule has 2 N–H and O–H groups in total. The average Bonchev–Trinajstić information content (AvgIpc) is 3.05. The van der Waals surface area contributed by atoms with Crippen LogP contribution in [-0.4, -0.2) is 9.78 Å². The zero-order valence-corrected chi connectivity index (χ0v) is 16.1. The molecule has 0 radical (unpaired) electrons. The average molecular weight is 391 g/mol. The summed E-state index contributed by atoms with van der Waals surface area (Å²) in [5.74, 6) is 0.280. The van der Waals surface area contributed by atoms with Crippen molar-refractivity contribution in [2.45, 2.75) is 25.7 Å². The van der Waals surface area contributed by atoms with Gasteiger partial charge in [0.1, 0.15) is 11.6 Å². The van der Waals surface area contributed by atoms with Gasteiger partial charge in [0.05, 0.1) is 22.9 Å². The van der Waals surface area contributed by atoms with Gasteiger partial charge in [-0.15, -0.1) is 0 Å². The lowest BCUT2D eigenvalue weighted by Crippen LogP contribution is -2.22. The number of fused-ring (bicyclic) bond motifs is 1. The molecule has 3 aromatic rings. The fourth-order valence-electron chi connectivity index (χ4n) is 3.60. The molecule has 1 aromatic heterocycles. The summed E-state index contributed by atoms with van der Waals surface area (Å²) in [6.07, 6.45) is 1.68. The number of nitrogens with zero attached hydrogens (tertiary/aromatic N) is 3. The molecule has 0 saturated carbocycles. The van der Waals surface area contributed by atoms with E-state index in [1.807, 2.05) is 54.6 Å². The van der Waals surface area contributed by atoms with E-state index in [-0.39, 0.29) is 11.8 Å². The summed E-state index contributed by atoms with van der Waals surface area (Å²) in [5.41, 5.74) is 10.1. The van der Waals surface area contributed by atoms with Crippen LogP contribution in [-0.2, 0) is 6.42 Å². The highest BCUT2D eigenvalue weighted by Gasteiger charge is 2.36. The molecule has 0 aliphatic carbocycles. The summed E-state index contributed by atoms with van der Waals surface area (Å²) in [6, 6.07) is 19.5. The first kappa shape index (κ1) is 18.1. The quantitative estimate of drug-likeness (QED) is 0.700. The molecule has 140 valence electrons. The van der Waals surface area contributed by atoms with Crippen LogP contribution < -0.4 is 10.5 Å². The van der Waals surface area contributed by atoms with E-state index in [2.05, 4.69) is 13.0 Å². The summed E-state index contributed by atoms with van der Waals surface area (Å²) in [4.78, 5) is 0. The lowest BCUT2D eigenvalue weighted by atomic mass is 9.83. The Labute approximate surface area is 168 Å². The van der Waals surface area contributed by atoms with Gasteiger partial charge < -0.3 is 10.5 Å². The van der Waals surface area contributed by atoms with Crippen LogP contribution in [0.1, 0.15) is 36.1 Å². The number of ether oxygens (including phenoxy) is 1. The third kappa shape index (κ3) is 3.02. The fraction of sp³-hybridized carbons (Fsp3) is 0.182. The van der Waals surface area contributed by atoms with Crippen molar-refractivity contribution < 1.29 is 4.74 Å². The Bertz CT molecular complexity index is 1100. The highest BCUT2D eigenvalue weighted by molar-refractivity contribution is 6.30. The number of halogens is 1. The topological polar surface area (TPSA) is 76.9 Å². The Morgan fingerprint density at radius 1 is 1.21 bits per heavy atom. The number of hydrogen-bond acceptors (Lipinski definition) is 4. The standard InChI is InChI=1S/C22H19ClN4O/c1-2-7-18-20-19(14-8-6-9-15(23)12-14)17(13-24)21(25)28-22(20)27(26-18)16-10-4-3-5-11-16/h3-6,8-12,19H,2,7,25H2,1H3. The number of para-hydroxylation sites is 1. The zero-order valence-electron chi connectivity index (χ0n) is 15.4. The Kier molecular flexibility index (Phi) is 4.81. The molecular formula is C22H19ClN4O. The molecule has 0 spiro atoms. The number of aromatic nitrogens is 2. The van der Waals surface area contributed by atoms with Gasteiger partial charge in [-0.2, -0.15) is 10.4 Å². The monoisotopic (exact) mass is 390 g/mol. The van der Waals surface area contributed by atoms with Gasteiger partial charge in [-0.25, -0.2) is 4.68 Å². The molecule has 0 saturated heterocycles. The SMILES string of the molecule is CCCc1nn(-c2ccccc2)c2c1C(c1cccc(Cl)c1)C(C#N)=C(N)O2. The maximum Gasteiger partial charge on any atom is 0.229 e. The largest absolute Gasteiger partial charge is 0.422 e. The highest BCUT2D eigenvalue weighted by Crippen LogP contribution is 2.45. The summed E-state index contributed by atoms with van der Waals surface area (Å²) in [7, 11) is 0. The maximum atomic E-state index is 9.80. The molecule has 4 rings (SSSR count). The third-order valence-electron chi connectivity index (χ3n) is 4.79. The molecule has 0 bridgehead atoms. The van der Waals surface area contributed by atoms with Crippen LogP contribution in [0.4, 0.5) is 0 Å². The fourth-order valence-corrected chi connectivity index (χ4v) is 3.80. The zero-order chi connectivity index (χ0) is 19.7. The molecule has 5 nitrogen and oxygen atoms in total. The van der Waals surface area contributed by atoms with E-state index in [1.54, 1.807) is 4.68 Å². The molecule has 28 heavy (non-hydrogen) atoms. The molecule has 6 heteroatoms. The Morgan fingerprint density at radius 2 is 2.00 bits per heavy atom. The summed E-state index contributed by atoms with van der Waals surface area (Å²) in [6.45, 7) is 2.10. The highest BCUT2D eigenvalue weighted by atomic mass is 35.5. The number of allylic oxidation sites excluding steroid dienone is 1. The van der Waals surface area contributed by atoms with Crippen LogP contribution in [0.2, 0.25) is 5.02 Å². The van der Waals surface area contributed by atoms with Gasteiger partial charge in [0.2, 0.25) is 11.8 Å². The number of nitriles is 1. The number of nitrogens with two attached hydrogens (primary N) is 1. The van der Waals surface area contributed by atoms with E-state index in [1.165, 1.54) is 0 Å². The number of aryl methyl sites for hydroxylation is 1. The van der Waals surface area contributed by atoms with Gasteiger partial charge in [0.25, 0.3) is 0 Å². The van der Waals surface area contributed by atoms with Gasteiger partial charge in [0, 0.05) is 5.02 Å². The summed E-state index contributed by atoms with van der Waals surface area (Å²) < 4.78 is 7.70. The maximum absolute atomic E-state index is 9.80. The van der Waals surface area contributed by atoms with Crippen molar-refractivity contribution in [3.8, 4) is 17.6 Å². The van der Waals surface area contributed by atoms with Crippen molar-refractivity contribution in [3.05, 3.63) is 87.9 Å². The molecule has 1 aliphatic heterocycles. The summed E-state index contributed by atoms with van der Waals surface area (Å²) in [5, 5.41) is 15.2. The van der Waals surface area contributed by atoms with E-state index >= 15 is 0 Å².